The number of amides is 1. The first-order valence-corrected chi connectivity index (χ1v) is 9.20. The van der Waals surface area contributed by atoms with Crippen molar-refractivity contribution in [2.24, 2.45) is 0 Å². The second kappa shape index (κ2) is 9.59. The van der Waals surface area contributed by atoms with Crippen molar-refractivity contribution in [3.63, 3.8) is 0 Å². The van der Waals surface area contributed by atoms with E-state index < -0.39 is 0 Å². The van der Waals surface area contributed by atoms with Crippen LogP contribution in [0.5, 0.6) is 0 Å². The van der Waals surface area contributed by atoms with Crippen LogP contribution in [0.2, 0.25) is 5.15 Å². The summed E-state index contributed by atoms with van der Waals surface area (Å²) in [4.78, 5) is 14.2. The maximum atomic E-state index is 12.2. The molecule has 2 rings (SSSR count). The summed E-state index contributed by atoms with van der Waals surface area (Å²) in [5.74, 6) is 0.635. The second-order valence-corrected chi connectivity index (χ2v) is 6.80. The Hall–Kier alpha value is -2.05. The highest BCUT2D eigenvalue weighted by Gasteiger charge is 2.17. The Labute approximate surface area is 159 Å². The predicted molar refractivity (Wildman–Crippen MR) is 104 cm³/mol. The topological polar surface area (TPSA) is 63.3 Å². The maximum absolute atomic E-state index is 12.2. The van der Waals surface area contributed by atoms with Gasteiger partial charge < -0.3 is 9.73 Å². The Morgan fingerprint density at radius 2 is 2.27 bits per heavy atom. The van der Waals surface area contributed by atoms with Crippen LogP contribution < -0.4 is 5.32 Å². The van der Waals surface area contributed by atoms with Crippen molar-refractivity contribution < 1.29 is 9.21 Å². The fourth-order valence-electron chi connectivity index (χ4n) is 2.65. The van der Waals surface area contributed by atoms with E-state index in [1.165, 1.54) is 6.08 Å². The zero-order valence-corrected chi connectivity index (χ0v) is 16.6. The first-order chi connectivity index (χ1) is 12.4. The Balaban J connectivity index is 1.98. The number of furan rings is 1. The van der Waals surface area contributed by atoms with Crippen LogP contribution in [-0.4, -0.2) is 41.2 Å². The summed E-state index contributed by atoms with van der Waals surface area (Å²) in [6, 6.07) is 3.72. The maximum Gasteiger partial charge on any atom is 0.244 e. The van der Waals surface area contributed by atoms with Gasteiger partial charge in [0.2, 0.25) is 5.91 Å². The number of carbonyl (C=O) groups is 1. The third-order valence-corrected chi connectivity index (χ3v) is 4.60. The van der Waals surface area contributed by atoms with Gasteiger partial charge in [-0.25, -0.2) is 0 Å². The Morgan fingerprint density at radius 3 is 2.88 bits per heavy atom. The number of nitrogens with zero attached hydrogens (tertiary/aromatic N) is 3. The molecule has 0 aliphatic rings. The van der Waals surface area contributed by atoms with Crippen LogP contribution in [0, 0.1) is 6.92 Å². The number of aryl methyl sites for hydroxylation is 2. The third kappa shape index (κ3) is 5.22. The molecule has 0 saturated carbocycles. The zero-order valence-electron chi connectivity index (χ0n) is 15.8. The van der Waals surface area contributed by atoms with Crippen molar-refractivity contribution in [3.8, 4) is 0 Å². The SMILES string of the molecule is CCCCn1nc(C)c(C=CC(=O)NCC(c2ccco2)N(C)C)c1Cl. The number of aromatic nitrogens is 2. The normalized spacial score (nSPS) is 12.8. The van der Waals surface area contributed by atoms with Crippen molar-refractivity contribution in [2.45, 2.75) is 39.3 Å². The zero-order chi connectivity index (χ0) is 19.1. The number of nitrogens with one attached hydrogen (secondary N) is 1. The van der Waals surface area contributed by atoms with Crippen molar-refractivity contribution in [3.05, 3.63) is 46.6 Å². The molecule has 0 aliphatic heterocycles. The van der Waals surface area contributed by atoms with E-state index in [2.05, 4.69) is 17.3 Å². The van der Waals surface area contributed by atoms with Crippen LogP contribution in [0.4, 0.5) is 0 Å². The minimum atomic E-state index is -0.180. The van der Waals surface area contributed by atoms with Gasteiger partial charge in [0.1, 0.15) is 10.9 Å². The van der Waals surface area contributed by atoms with E-state index >= 15 is 0 Å². The van der Waals surface area contributed by atoms with Crippen LogP contribution in [-0.2, 0) is 11.3 Å². The second-order valence-electron chi connectivity index (χ2n) is 6.44. The summed E-state index contributed by atoms with van der Waals surface area (Å²) in [5.41, 5.74) is 1.60. The van der Waals surface area contributed by atoms with Gasteiger partial charge in [0.05, 0.1) is 18.0 Å². The molecule has 142 valence electrons. The van der Waals surface area contributed by atoms with Gasteiger partial charge in [-0.2, -0.15) is 5.10 Å². The van der Waals surface area contributed by atoms with Crippen LogP contribution in [0.25, 0.3) is 6.08 Å². The largest absolute Gasteiger partial charge is 0.468 e. The van der Waals surface area contributed by atoms with E-state index in [1.54, 1.807) is 17.0 Å². The lowest BCUT2D eigenvalue weighted by molar-refractivity contribution is -0.116. The van der Waals surface area contributed by atoms with E-state index in [1.807, 2.05) is 38.1 Å². The van der Waals surface area contributed by atoms with Gasteiger partial charge in [0.15, 0.2) is 0 Å². The van der Waals surface area contributed by atoms with Crippen molar-refractivity contribution in [2.75, 3.05) is 20.6 Å². The molecule has 0 spiro atoms. The summed E-state index contributed by atoms with van der Waals surface area (Å²) in [7, 11) is 3.89. The Kier molecular flexibility index (Phi) is 7.48. The van der Waals surface area contributed by atoms with E-state index in [-0.39, 0.29) is 11.9 Å². The van der Waals surface area contributed by atoms with Crippen molar-refractivity contribution in [1.29, 1.82) is 0 Å². The molecule has 1 amide bonds. The molecule has 0 aromatic carbocycles. The highest BCUT2D eigenvalue weighted by Crippen LogP contribution is 2.22. The molecule has 0 saturated heterocycles. The molecule has 2 heterocycles. The fraction of sp³-hybridized carbons (Fsp3) is 0.474. The molecule has 2 aromatic heterocycles. The van der Waals surface area contributed by atoms with E-state index in [4.69, 9.17) is 16.0 Å². The number of hydrogen-bond donors (Lipinski definition) is 1. The average molecular weight is 379 g/mol. The highest BCUT2D eigenvalue weighted by atomic mass is 35.5. The van der Waals surface area contributed by atoms with Crippen LogP contribution in [0.1, 0.15) is 42.8 Å². The van der Waals surface area contributed by atoms with Crippen LogP contribution >= 0.6 is 11.6 Å². The van der Waals surface area contributed by atoms with Crippen LogP contribution in [0.15, 0.2) is 28.9 Å². The quantitative estimate of drug-likeness (QED) is 0.676. The van der Waals surface area contributed by atoms with Gasteiger partial charge in [0.25, 0.3) is 0 Å². The number of likely N-dealkylation sites (N-methyl/N-ethyl adjacent to an activating group) is 1. The van der Waals surface area contributed by atoms with Crippen molar-refractivity contribution >= 4 is 23.6 Å². The molecule has 7 heteroatoms. The van der Waals surface area contributed by atoms with Gasteiger partial charge in [-0.1, -0.05) is 24.9 Å². The number of carbonyl (C=O) groups excluding carboxylic acids is 1. The molecule has 0 aliphatic carbocycles. The number of unbranched alkanes of at least 4 members (excludes halogenated alkanes) is 1. The monoisotopic (exact) mass is 378 g/mol. The molecule has 1 unspecified atom stereocenters. The summed E-state index contributed by atoms with van der Waals surface area (Å²) in [6.45, 7) is 5.25. The molecule has 1 N–H and O–H groups in total. The first kappa shape index (κ1) is 20.3. The smallest absolute Gasteiger partial charge is 0.244 e. The minimum Gasteiger partial charge on any atom is -0.468 e. The summed E-state index contributed by atoms with van der Waals surface area (Å²) in [6.07, 6.45) is 6.94. The molecular formula is C19H27ClN4O2. The summed E-state index contributed by atoms with van der Waals surface area (Å²) in [5, 5.41) is 7.92. The summed E-state index contributed by atoms with van der Waals surface area (Å²) < 4.78 is 7.23. The predicted octanol–water partition coefficient (Wildman–Crippen LogP) is 3.67. The molecule has 2 aromatic rings. The van der Waals surface area contributed by atoms with Gasteiger partial charge in [-0.15, -0.1) is 0 Å². The molecule has 6 nitrogen and oxygen atoms in total. The highest BCUT2D eigenvalue weighted by molar-refractivity contribution is 6.31. The van der Waals surface area contributed by atoms with Crippen molar-refractivity contribution in [1.82, 2.24) is 20.0 Å². The van der Waals surface area contributed by atoms with E-state index in [0.717, 1.165) is 36.4 Å². The molecular weight excluding hydrogens is 352 g/mol. The molecule has 0 bridgehead atoms. The standard InChI is InChI=1S/C19H27ClN4O2/c1-5-6-11-24-19(20)15(14(2)22-24)9-10-18(25)21-13-16(23(3)4)17-8-7-12-26-17/h7-10,12,16H,5-6,11,13H2,1-4H3,(H,21,25). The van der Waals surface area contributed by atoms with Gasteiger partial charge in [-0.3, -0.25) is 14.4 Å². The first-order valence-electron chi connectivity index (χ1n) is 8.82. The van der Waals surface area contributed by atoms with Gasteiger partial charge in [0, 0.05) is 24.7 Å². The van der Waals surface area contributed by atoms with E-state index in [0.29, 0.717) is 11.7 Å². The minimum absolute atomic E-state index is 0.0236. The lowest BCUT2D eigenvalue weighted by Gasteiger charge is -2.22. The molecule has 1 atom stereocenters. The lowest BCUT2D eigenvalue weighted by atomic mass is 10.2. The molecule has 26 heavy (non-hydrogen) atoms. The Bertz CT molecular complexity index is 735. The lowest BCUT2D eigenvalue weighted by Crippen LogP contribution is -2.33. The number of halogens is 1. The average Bonchev–Trinajstić information content (AvgIpc) is 3.20. The Morgan fingerprint density at radius 1 is 1.50 bits per heavy atom. The number of rotatable bonds is 9. The van der Waals surface area contributed by atoms with E-state index in [9.17, 15) is 4.79 Å². The number of hydrogen-bond acceptors (Lipinski definition) is 4. The van der Waals surface area contributed by atoms with Gasteiger partial charge >= 0.3 is 0 Å². The van der Waals surface area contributed by atoms with Gasteiger partial charge in [-0.05, 0) is 45.6 Å². The van der Waals surface area contributed by atoms with Crippen LogP contribution in [0.3, 0.4) is 0 Å². The summed E-state index contributed by atoms with van der Waals surface area (Å²) >= 11 is 6.38. The molecule has 0 radical (unpaired) electrons. The molecule has 0 fully saturated rings. The third-order valence-electron chi connectivity index (χ3n) is 4.20. The fourth-order valence-corrected chi connectivity index (χ4v) is 2.97.